The summed E-state index contributed by atoms with van der Waals surface area (Å²) in [5, 5.41) is 9.05. The smallest absolute Gasteiger partial charge is 0.304 e. The molecule has 0 aromatic heterocycles. The van der Waals surface area contributed by atoms with Gasteiger partial charge in [0.25, 0.3) is 0 Å². The fourth-order valence-electron chi connectivity index (χ4n) is 2.36. The highest BCUT2D eigenvalue weighted by Crippen LogP contribution is 2.31. The van der Waals surface area contributed by atoms with Crippen LogP contribution in [0.2, 0.25) is 0 Å². The van der Waals surface area contributed by atoms with Crippen molar-refractivity contribution in [2.24, 2.45) is 5.41 Å². The minimum absolute atomic E-state index is 0.0465. The Morgan fingerprint density at radius 2 is 1.87 bits per heavy atom. The molecule has 0 heterocycles. The van der Waals surface area contributed by atoms with Gasteiger partial charge in [-0.1, -0.05) is 26.8 Å². The molecule has 0 aliphatic rings. The summed E-state index contributed by atoms with van der Waals surface area (Å²) < 4.78 is 33.3. The van der Waals surface area contributed by atoms with Crippen molar-refractivity contribution in [2.45, 2.75) is 52.0 Å². The molecule has 1 atom stereocenters. The summed E-state index contributed by atoms with van der Waals surface area (Å²) in [5.74, 6) is -0.807. The molecule has 0 bridgehead atoms. The molecule has 7 heteroatoms. The minimum atomic E-state index is -3.92. The fraction of sp³-hybridized carbons (Fsp3) is 0.562. The molecule has 6 nitrogen and oxygen atoms in total. The summed E-state index contributed by atoms with van der Waals surface area (Å²) in [4.78, 5) is 11.1. The average molecular weight is 343 g/mol. The van der Waals surface area contributed by atoms with E-state index in [0.717, 1.165) is 5.56 Å². The standard InChI is InChI=1S/C16H25NO5S/c1-10-7-11(2)15(12(8-10)22-6)23(20,21)17-13(9-14(18)19)16(3,4)5/h7-8,13,17H,9H2,1-6H3,(H,18,19)/t13-/m0/s1. The highest BCUT2D eigenvalue weighted by Gasteiger charge is 2.33. The van der Waals surface area contributed by atoms with Crippen molar-refractivity contribution < 1.29 is 23.1 Å². The molecule has 0 saturated carbocycles. The van der Waals surface area contributed by atoms with Gasteiger partial charge < -0.3 is 9.84 Å². The first kappa shape index (κ1) is 19.4. The summed E-state index contributed by atoms with van der Waals surface area (Å²) in [5.41, 5.74) is 0.894. The van der Waals surface area contributed by atoms with E-state index in [1.54, 1.807) is 39.8 Å². The molecule has 0 radical (unpaired) electrons. The Bertz CT molecular complexity index is 689. The Hall–Kier alpha value is -1.60. The van der Waals surface area contributed by atoms with E-state index in [1.165, 1.54) is 7.11 Å². The molecule has 0 amide bonds. The number of carbonyl (C=O) groups is 1. The zero-order chi connectivity index (χ0) is 18.0. The van der Waals surface area contributed by atoms with Crippen LogP contribution in [-0.2, 0) is 14.8 Å². The van der Waals surface area contributed by atoms with Crippen LogP contribution in [0.4, 0.5) is 0 Å². The third-order valence-corrected chi connectivity index (χ3v) is 5.25. The lowest BCUT2D eigenvalue weighted by atomic mass is 9.85. The van der Waals surface area contributed by atoms with Crippen molar-refractivity contribution in [3.8, 4) is 5.75 Å². The van der Waals surface area contributed by atoms with E-state index < -0.39 is 27.4 Å². The van der Waals surface area contributed by atoms with Gasteiger partial charge in [-0.2, -0.15) is 0 Å². The topological polar surface area (TPSA) is 92.7 Å². The predicted octanol–water partition coefficient (Wildman–Crippen LogP) is 2.48. The second-order valence-corrected chi connectivity index (χ2v) is 8.40. The number of rotatable bonds is 6. The number of carboxylic acid groups (broad SMARTS) is 1. The molecule has 1 rings (SSSR count). The minimum Gasteiger partial charge on any atom is -0.495 e. The van der Waals surface area contributed by atoms with Gasteiger partial charge in [0.05, 0.1) is 13.5 Å². The predicted molar refractivity (Wildman–Crippen MR) is 88.3 cm³/mol. The second kappa shape index (κ2) is 6.88. The van der Waals surface area contributed by atoms with Gasteiger partial charge in [0, 0.05) is 6.04 Å². The number of sulfonamides is 1. The van der Waals surface area contributed by atoms with Crippen LogP contribution < -0.4 is 9.46 Å². The van der Waals surface area contributed by atoms with Crippen molar-refractivity contribution in [2.75, 3.05) is 7.11 Å². The Morgan fingerprint density at radius 1 is 1.30 bits per heavy atom. The van der Waals surface area contributed by atoms with Crippen molar-refractivity contribution >= 4 is 16.0 Å². The lowest BCUT2D eigenvalue weighted by Gasteiger charge is -2.30. The molecule has 0 saturated heterocycles. The summed E-state index contributed by atoms with van der Waals surface area (Å²) in [6, 6.07) is 2.65. The zero-order valence-electron chi connectivity index (χ0n) is 14.4. The van der Waals surface area contributed by atoms with Crippen LogP contribution in [0.3, 0.4) is 0 Å². The van der Waals surface area contributed by atoms with Crippen LogP contribution in [-0.4, -0.2) is 32.6 Å². The number of methoxy groups -OCH3 is 1. The van der Waals surface area contributed by atoms with Gasteiger partial charge in [-0.05, 0) is 36.5 Å². The number of hydrogen-bond donors (Lipinski definition) is 2. The molecule has 2 N–H and O–H groups in total. The number of hydrogen-bond acceptors (Lipinski definition) is 4. The van der Waals surface area contributed by atoms with E-state index in [2.05, 4.69) is 4.72 Å². The van der Waals surface area contributed by atoms with E-state index in [4.69, 9.17) is 9.84 Å². The third kappa shape index (κ3) is 4.94. The van der Waals surface area contributed by atoms with Crippen molar-refractivity contribution in [1.29, 1.82) is 0 Å². The van der Waals surface area contributed by atoms with E-state index in [1.807, 2.05) is 6.92 Å². The highest BCUT2D eigenvalue weighted by molar-refractivity contribution is 7.89. The molecule has 23 heavy (non-hydrogen) atoms. The van der Waals surface area contributed by atoms with Crippen LogP contribution in [0.5, 0.6) is 5.75 Å². The normalized spacial score (nSPS) is 13.7. The Labute approximate surface area is 137 Å². The van der Waals surface area contributed by atoms with Crippen LogP contribution in [0.15, 0.2) is 17.0 Å². The number of aryl methyl sites for hydroxylation is 2. The average Bonchev–Trinajstić information content (AvgIpc) is 2.34. The Kier molecular flexibility index (Phi) is 5.82. The molecule has 0 fully saturated rings. The second-order valence-electron chi connectivity index (χ2n) is 6.75. The number of benzene rings is 1. The maximum absolute atomic E-state index is 12.8. The SMILES string of the molecule is COc1cc(C)cc(C)c1S(=O)(=O)N[C@@H](CC(=O)O)C(C)(C)C. The molecule has 130 valence electrons. The maximum Gasteiger partial charge on any atom is 0.304 e. The van der Waals surface area contributed by atoms with E-state index >= 15 is 0 Å². The lowest BCUT2D eigenvalue weighted by Crippen LogP contribution is -2.45. The summed E-state index contributed by atoms with van der Waals surface area (Å²) in [6.07, 6.45) is -0.296. The van der Waals surface area contributed by atoms with Gasteiger partial charge in [-0.3, -0.25) is 4.79 Å². The van der Waals surface area contributed by atoms with E-state index in [-0.39, 0.29) is 17.1 Å². The molecule has 1 aromatic rings. The number of carboxylic acids is 1. The van der Waals surface area contributed by atoms with Gasteiger partial charge in [0.2, 0.25) is 10.0 Å². The summed E-state index contributed by atoms with van der Waals surface area (Å²) in [6.45, 7) is 8.92. The van der Waals surface area contributed by atoms with Crippen LogP contribution >= 0.6 is 0 Å². The van der Waals surface area contributed by atoms with Gasteiger partial charge in [0.1, 0.15) is 10.6 Å². The largest absolute Gasteiger partial charge is 0.495 e. The van der Waals surface area contributed by atoms with Crippen molar-refractivity contribution in [1.82, 2.24) is 4.72 Å². The van der Waals surface area contributed by atoms with E-state index in [0.29, 0.717) is 5.56 Å². The van der Waals surface area contributed by atoms with Crippen LogP contribution in [0.25, 0.3) is 0 Å². The quantitative estimate of drug-likeness (QED) is 0.828. The Morgan fingerprint density at radius 3 is 2.30 bits per heavy atom. The third-order valence-electron chi connectivity index (χ3n) is 3.60. The Balaban J connectivity index is 3.34. The highest BCUT2D eigenvalue weighted by atomic mass is 32.2. The first-order valence-electron chi connectivity index (χ1n) is 7.28. The lowest BCUT2D eigenvalue weighted by molar-refractivity contribution is -0.138. The first-order chi connectivity index (χ1) is 10.4. The van der Waals surface area contributed by atoms with Crippen molar-refractivity contribution in [3.63, 3.8) is 0 Å². The zero-order valence-corrected chi connectivity index (χ0v) is 15.2. The van der Waals surface area contributed by atoms with E-state index in [9.17, 15) is 13.2 Å². The number of aliphatic carboxylic acids is 1. The number of nitrogens with one attached hydrogen (secondary N) is 1. The molecule has 0 aliphatic heterocycles. The first-order valence-corrected chi connectivity index (χ1v) is 8.76. The van der Waals surface area contributed by atoms with Gasteiger partial charge in [-0.15, -0.1) is 0 Å². The maximum atomic E-state index is 12.8. The number of ether oxygens (including phenoxy) is 1. The monoisotopic (exact) mass is 343 g/mol. The molecular formula is C16H25NO5S. The molecule has 0 aliphatic carbocycles. The molecule has 0 unspecified atom stereocenters. The van der Waals surface area contributed by atoms with Gasteiger partial charge >= 0.3 is 5.97 Å². The summed E-state index contributed by atoms with van der Waals surface area (Å²) in [7, 11) is -2.51. The van der Waals surface area contributed by atoms with Crippen LogP contribution in [0, 0.1) is 19.3 Å². The summed E-state index contributed by atoms with van der Waals surface area (Å²) >= 11 is 0. The van der Waals surface area contributed by atoms with Crippen molar-refractivity contribution in [3.05, 3.63) is 23.3 Å². The molecular weight excluding hydrogens is 318 g/mol. The molecule has 0 spiro atoms. The fourth-order valence-corrected chi connectivity index (χ4v) is 4.18. The van der Waals surface area contributed by atoms with Gasteiger partial charge in [0.15, 0.2) is 0 Å². The molecule has 1 aromatic carbocycles. The van der Waals surface area contributed by atoms with Crippen LogP contribution in [0.1, 0.15) is 38.3 Å². The van der Waals surface area contributed by atoms with Gasteiger partial charge in [-0.25, -0.2) is 13.1 Å².